The van der Waals surface area contributed by atoms with Crippen LogP contribution in [0.15, 0.2) is 53.3 Å². The second kappa shape index (κ2) is 6.76. The predicted octanol–water partition coefficient (Wildman–Crippen LogP) is 3.54. The summed E-state index contributed by atoms with van der Waals surface area (Å²) >= 11 is 11.1. The number of benzene rings is 1. The molecule has 0 unspecified atom stereocenters. The molecule has 0 aliphatic rings. The van der Waals surface area contributed by atoms with E-state index in [0.717, 1.165) is 5.56 Å². The van der Waals surface area contributed by atoms with Gasteiger partial charge in [-0.1, -0.05) is 40.5 Å². The van der Waals surface area contributed by atoms with E-state index in [1.54, 1.807) is 48.8 Å². The lowest BCUT2D eigenvalue weighted by Crippen LogP contribution is -2.18. The lowest BCUT2D eigenvalue weighted by Gasteiger charge is -2.08. The molecule has 0 saturated heterocycles. The maximum absolute atomic E-state index is 11.7. The molecule has 0 aliphatic carbocycles. The van der Waals surface area contributed by atoms with Gasteiger partial charge in [-0.05, 0) is 24.3 Å². The van der Waals surface area contributed by atoms with Crippen molar-refractivity contribution in [3.05, 3.63) is 48.8 Å². The maximum Gasteiger partial charge on any atom is 0.260 e. The summed E-state index contributed by atoms with van der Waals surface area (Å²) in [5.74, 6) is 0.166. The summed E-state index contributed by atoms with van der Waals surface area (Å²) < 4.78 is 5.29. The lowest BCUT2D eigenvalue weighted by atomic mass is 10.1. The van der Waals surface area contributed by atoms with Crippen LogP contribution in [0.3, 0.4) is 0 Å². The Morgan fingerprint density at radius 3 is 2.61 bits per heavy atom. The summed E-state index contributed by atoms with van der Waals surface area (Å²) in [7, 11) is 0. The molecular formula is C15H10Cl2N4O2. The molecule has 3 aromatic rings. The summed E-state index contributed by atoms with van der Waals surface area (Å²) in [6.45, 7) is 0. The Morgan fingerprint density at radius 2 is 1.87 bits per heavy atom. The monoisotopic (exact) mass is 348 g/mol. The number of hydrogen-bond donors (Lipinski definition) is 1. The third-order valence-corrected chi connectivity index (χ3v) is 3.37. The van der Waals surface area contributed by atoms with Crippen LogP contribution in [-0.4, -0.2) is 25.9 Å². The van der Waals surface area contributed by atoms with Gasteiger partial charge >= 0.3 is 0 Å². The third kappa shape index (κ3) is 3.49. The molecule has 1 amide bonds. The van der Waals surface area contributed by atoms with Crippen molar-refractivity contribution < 1.29 is 9.32 Å². The first kappa shape index (κ1) is 15.5. The summed E-state index contributed by atoms with van der Waals surface area (Å²) in [4.78, 5) is 18.8. The van der Waals surface area contributed by atoms with Crippen molar-refractivity contribution in [3.63, 3.8) is 0 Å². The highest BCUT2D eigenvalue weighted by atomic mass is 35.5. The van der Waals surface area contributed by atoms with Gasteiger partial charge in [0.15, 0.2) is 4.84 Å². The van der Waals surface area contributed by atoms with Crippen LogP contribution in [0.1, 0.15) is 0 Å². The quantitative estimate of drug-likeness (QED) is 0.729. The van der Waals surface area contributed by atoms with Crippen molar-refractivity contribution in [1.82, 2.24) is 15.1 Å². The number of pyridine rings is 1. The molecule has 0 atom stereocenters. The Balaban J connectivity index is 1.94. The molecule has 3 rings (SSSR count). The van der Waals surface area contributed by atoms with E-state index in [2.05, 4.69) is 20.4 Å². The number of aromatic nitrogens is 3. The van der Waals surface area contributed by atoms with Crippen molar-refractivity contribution in [2.24, 2.45) is 0 Å². The Hall–Kier alpha value is -2.44. The fourth-order valence-corrected chi connectivity index (χ4v) is 2.03. The number of rotatable bonds is 4. The molecule has 6 nitrogen and oxygen atoms in total. The first-order valence-corrected chi connectivity index (χ1v) is 7.45. The van der Waals surface area contributed by atoms with Gasteiger partial charge in [0.05, 0.1) is 11.3 Å². The topological polar surface area (TPSA) is 80.9 Å². The molecule has 2 aromatic heterocycles. The molecule has 1 N–H and O–H groups in total. The highest BCUT2D eigenvalue weighted by Crippen LogP contribution is 2.28. The van der Waals surface area contributed by atoms with Gasteiger partial charge in [-0.3, -0.25) is 9.78 Å². The number of alkyl halides is 2. The van der Waals surface area contributed by atoms with E-state index >= 15 is 0 Å². The van der Waals surface area contributed by atoms with Crippen molar-refractivity contribution in [2.45, 2.75) is 4.84 Å². The smallest absolute Gasteiger partial charge is 0.260 e. The fraction of sp³-hybridized carbons (Fsp3) is 0.0667. The van der Waals surface area contributed by atoms with Gasteiger partial charge in [0, 0.05) is 18.0 Å². The highest BCUT2D eigenvalue weighted by Gasteiger charge is 2.17. The van der Waals surface area contributed by atoms with E-state index in [-0.39, 0.29) is 5.89 Å². The van der Waals surface area contributed by atoms with Gasteiger partial charge in [-0.2, -0.15) is 4.98 Å². The number of carbonyl (C=O) groups is 1. The van der Waals surface area contributed by atoms with E-state index in [1.807, 2.05) is 0 Å². The lowest BCUT2D eigenvalue weighted by molar-refractivity contribution is -0.114. The second-order valence-corrected chi connectivity index (χ2v) is 5.59. The Labute approximate surface area is 141 Å². The summed E-state index contributed by atoms with van der Waals surface area (Å²) in [6.07, 6.45) is 3.28. The van der Waals surface area contributed by atoms with Crippen molar-refractivity contribution in [2.75, 3.05) is 5.32 Å². The number of amides is 1. The first-order chi connectivity index (χ1) is 11.1. The van der Waals surface area contributed by atoms with E-state index in [1.165, 1.54) is 0 Å². The number of para-hydroxylation sites is 1. The minimum absolute atomic E-state index is 0.272. The van der Waals surface area contributed by atoms with E-state index in [9.17, 15) is 4.79 Å². The van der Waals surface area contributed by atoms with Gasteiger partial charge < -0.3 is 9.84 Å². The van der Waals surface area contributed by atoms with Crippen LogP contribution in [0.5, 0.6) is 0 Å². The Kier molecular flexibility index (Phi) is 4.55. The minimum atomic E-state index is -1.17. The molecule has 8 heteroatoms. The minimum Gasteiger partial charge on any atom is -0.334 e. The van der Waals surface area contributed by atoms with E-state index in [4.69, 9.17) is 27.7 Å². The Bertz CT molecular complexity index is 821. The standard InChI is InChI=1S/C15H10Cl2N4O2/c16-12(17)14(22)19-11-4-2-1-3-10(11)15-20-13(21-23-15)9-5-7-18-8-6-9/h1-8,12H,(H,19,22). The van der Waals surface area contributed by atoms with Gasteiger partial charge in [0.25, 0.3) is 11.8 Å². The normalized spacial score (nSPS) is 10.7. The molecule has 0 aliphatic heterocycles. The van der Waals surface area contributed by atoms with Crippen LogP contribution < -0.4 is 5.32 Å². The molecule has 0 saturated carbocycles. The number of anilines is 1. The van der Waals surface area contributed by atoms with Gasteiger partial charge in [-0.15, -0.1) is 0 Å². The number of hydrogen-bond acceptors (Lipinski definition) is 5. The molecule has 0 bridgehead atoms. The highest BCUT2D eigenvalue weighted by molar-refractivity contribution is 6.54. The zero-order chi connectivity index (χ0) is 16.2. The van der Waals surface area contributed by atoms with Crippen LogP contribution in [0.25, 0.3) is 22.8 Å². The molecular weight excluding hydrogens is 339 g/mol. The van der Waals surface area contributed by atoms with E-state index < -0.39 is 10.7 Å². The maximum atomic E-state index is 11.7. The summed E-state index contributed by atoms with van der Waals surface area (Å²) in [5.41, 5.74) is 1.83. The van der Waals surface area contributed by atoms with Crippen molar-refractivity contribution >= 4 is 34.8 Å². The van der Waals surface area contributed by atoms with Gasteiger partial charge in [-0.25, -0.2) is 0 Å². The SMILES string of the molecule is O=C(Nc1ccccc1-c1nc(-c2ccncc2)no1)C(Cl)Cl. The third-order valence-electron chi connectivity index (χ3n) is 2.98. The summed E-state index contributed by atoms with van der Waals surface area (Å²) in [5, 5.41) is 6.56. The van der Waals surface area contributed by atoms with Crippen LogP contribution in [0, 0.1) is 0 Å². The predicted molar refractivity (Wildman–Crippen MR) is 87.1 cm³/mol. The van der Waals surface area contributed by atoms with Crippen molar-refractivity contribution in [1.29, 1.82) is 0 Å². The number of carbonyl (C=O) groups excluding carboxylic acids is 1. The first-order valence-electron chi connectivity index (χ1n) is 6.57. The molecule has 0 fully saturated rings. The van der Waals surface area contributed by atoms with Crippen molar-refractivity contribution in [3.8, 4) is 22.8 Å². The van der Waals surface area contributed by atoms with Crippen LogP contribution in [-0.2, 0) is 4.79 Å². The number of nitrogens with zero attached hydrogens (tertiary/aromatic N) is 3. The zero-order valence-electron chi connectivity index (χ0n) is 11.6. The van der Waals surface area contributed by atoms with E-state index in [0.29, 0.717) is 17.1 Å². The fourth-order valence-electron chi connectivity index (χ4n) is 1.92. The number of halogens is 2. The largest absolute Gasteiger partial charge is 0.334 e. The summed E-state index contributed by atoms with van der Waals surface area (Å²) in [6, 6.07) is 10.5. The second-order valence-electron chi connectivity index (χ2n) is 4.49. The van der Waals surface area contributed by atoms with Crippen LogP contribution in [0.2, 0.25) is 0 Å². The molecule has 0 spiro atoms. The Morgan fingerprint density at radius 1 is 1.13 bits per heavy atom. The zero-order valence-corrected chi connectivity index (χ0v) is 13.1. The van der Waals surface area contributed by atoms with Gasteiger partial charge in [0.1, 0.15) is 0 Å². The number of nitrogens with one attached hydrogen (secondary N) is 1. The average molecular weight is 349 g/mol. The molecule has 116 valence electrons. The molecule has 0 radical (unpaired) electrons. The van der Waals surface area contributed by atoms with Crippen LogP contribution in [0.4, 0.5) is 5.69 Å². The average Bonchev–Trinajstić information content (AvgIpc) is 3.06. The molecule has 1 aromatic carbocycles. The van der Waals surface area contributed by atoms with Gasteiger partial charge in [0.2, 0.25) is 5.82 Å². The molecule has 2 heterocycles. The van der Waals surface area contributed by atoms with Crippen LogP contribution >= 0.6 is 23.2 Å². The molecule has 23 heavy (non-hydrogen) atoms.